The molecular weight excluding hydrogens is 444 g/mol. The topological polar surface area (TPSA) is 223 Å². The Morgan fingerprint density at radius 3 is 1.82 bits per heavy atom. The number of carbonyl (C=O) groups excluding carboxylic acids is 3. The normalized spacial score (nSPS) is 14.3. The van der Waals surface area contributed by atoms with Gasteiger partial charge in [-0.3, -0.25) is 34.1 Å². The van der Waals surface area contributed by atoms with E-state index in [9.17, 15) is 33.9 Å². The van der Waals surface area contributed by atoms with Gasteiger partial charge in [-0.05, 0) is 6.42 Å². The first-order valence-corrected chi connectivity index (χ1v) is 10.2. The molecule has 0 spiro atoms. The van der Waals surface area contributed by atoms with E-state index < -0.39 is 79.2 Å². The summed E-state index contributed by atoms with van der Waals surface area (Å²) in [6, 6.07) is -4.57. The largest absolute Gasteiger partial charge is 0.481 e. The molecule has 33 heavy (non-hydrogen) atoms. The van der Waals surface area contributed by atoms with E-state index in [0.29, 0.717) is 13.0 Å². The number of aliphatic hydroxyl groups excluding tert-OH is 1. The lowest BCUT2D eigenvalue weighted by molar-refractivity contribution is -0.144. The van der Waals surface area contributed by atoms with Gasteiger partial charge >= 0.3 is 17.9 Å². The number of hydrogen-bond acceptors (Lipinski definition) is 8. The molecule has 7 N–H and O–H groups in total. The van der Waals surface area contributed by atoms with Crippen molar-refractivity contribution < 1.29 is 49.2 Å². The maximum absolute atomic E-state index is 12.6. The van der Waals surface area contributed by atoms with E-state index in [1.54, 1.807) is 0 Å². The molecule has 0 bridgehead atoms. The van der Waals surface area contributed by atoms with Crippen LogP contribution in [0.5, 0.6) is 0 Å². The number of nitrogens with one attached hydrogen (secondary N) is 3. The first-order valence-electron chi connectivity index (χ1n) is 10.2. The summed E-state index contributed by atoms with van der Waals surface area (Å²) in [5.41, 5.74) is 0. The fourth-order valence-corrected chi connectivity index (χ4v) is 2.83. The molecule has 0 aromatic rings. The molecule has 0 aromatic heterocycles. The summed E-state index contributed by atoms with van der Waals surface area (Å²) in [6.45, 7) is 3.27. The number of aliphatic hydroxyl groups is 1. The van der Waals surface area contributed by atoms with Crippen molar-refractivity contribution >= 4 is 35.6 Å². The molecule has 0 radical (unpaired) electrons. The molecule has 0 saturated heterocycles. The van der Waals surface area contributed by atoms with E-state index >= 15 is 0 Å². The number of rotatable bonds is 16. The minimum atomic E-state index is -1.89. The van der Waals surface area contributed by atoms with Gasteiger partial charge in [0.1, 0.15) is 12.3 Å². The minimum Gasteiger partial charge on any atom is -0.481 e. The molecule has 3 amide bonds. The quantitative estimate of drug-likeness (QED) is 0.120. The van der Waals surface area contributed by atoms with Crippen LogP contribution >= 0.6 is 0 Å². The summed E-state index contributed by atoms with van der Waals surface area (Å²) in [5, 5.41) is 44.2. The van der Waals surface area contributed by atoms with Crippen LogP contribution in [0.4, 0.5) is 0 Å². The second kappa shape index (κ2) is 14.7. The zero-order chi connectivity index (χ0) is 25.7. The fourth-order valence-electron chi connectivity index (χ4n) is 2.83. The monoisotopic (exact) mass is 476 g/mol. The standard InChI is InChI=1S/C19H32N4O10/c1-4-5-6-23(3)19(33)13(9-16(29)30)22-18(32)12(8-15(27)28)21-17(31)11(7-14(25)26)20-10(2)24/h11-13,18,22,32H,4-9H2,1-3H3,(H,20,24)(H,21,31)(H,25,26)(H,27,28)(H,29,30). The lowest BCUT2D eigenvalue weighted by atomic mass is 10.1. The first kappa shape index (κ1) is 29.7. The van der Waals surface area contributed by atoms with E-state index in [-0.39, 0.29) is 0 Å². The molecule has 0 saturated carbocycles. The maximum atomic E-state index is 12.6. The van der Waals surface area contributed by atoms with Crippen LogP contribution < -0.4 is 16.0 Å². The predicted molar refractivity (Wildman–Crippen MR) is 112 cm³/mol. The highest BCUT2D eigenvalue weighted by atomic mass is 16.4. The highest BCUT2D eigenvalue weighted by Crippen LogP contribution is 2.07. The molecule has 0 aliphatic heterocycles. The zero-order valence-electron chi connectivity index (χ0n) is 18.7. The molecule has 0 rings (SSSR count). The van der Waals surface area contributed by atoms with Crippen molar-refractivity contribution in [2.75, 3.05) is 13.6 Å². The Bertz CT molecular complexity index is 713. The van der Waals surface area contributed by atoms with Crippen molar-refractivity contribution in [1.82, 2.24) is 20.9 Å². The number of likely N-dealkylation sites (N-methyl/N-ethyl adjacent to an activating group) is 1. The summed E-state index contributed by atoms with van der Waals surface area (Å²) in [6.07, 6.45) is -2.85. The number of carbonyl (C=O) groups is 6. The van der Waals surface area contributed by atoms with E-state index in [1.165, 1.54) is 11.9 Å². The van der Waals surface area contributed by atoms with E-state index in [0.717, 1.165) is 13.3 Å². The predicted octanol–water partition coefficient (Wildman–Crippen LogP) is -2.06. The fraction of sp³-hybridized carbons (Fsp3) is 0.684. The van der Waals surface area contributed by atoms with Gasteiger partial charge in [0.05, 0.1) is 31.3 Å². The third kappa shape index (κ3) is 12.4. The van der Waals surface area contributed by atoms with Gasteiger partial charge in [0.15, 0.2) is 0 Å². The van der Waals surface area contributed by atoms with Crippen LogP contribution in [0.1, 0.15) is 46.0 Å². The van der Waals surface area contributed by atoms with Crippen LogP contribution in [-0.4, -0.2) is 98.9 Å². The van der Waals surface area contributed by atoms with Crippen LogP contribution in [0.2, 0.25) is 0 Å². The zero-order valence-corrected chi connectivity index (χ0v) is 18.7. The summed E-state index contributed by atoms with van der Waals surface area (Å²) in [4.78, 5) is 71.0. The van der Waals surface area contributed by atoms with Gasteiger partial charge in [0.2, 0.25) is 17.7 Å². The van der Waals surface area contributed by atoms with Crippen molar-refractivity contribution in [1.29, 1.82) is 0 Å². The second-order valence-electron chi connectivity index (χ2n) is 7.44. The lowest BCUT2D eigenvalue weighted by Crippen LogP contribution is -2.59. The van der Waals surface area contributed by atoms with Crippen molar-refractivity contribution in [2.24, 2.45) is 0 Å². The molecule has 0 aromatic carbocycles. The van der Waals surface area contributed by atoms with Crippen LogP contribution in [-0.2, 0) is 28.8 Å². The third-order valence-electron chi connectivity index (χ3n) is 4.45. The number of hydrogen-bond donors (Lipinski definition) is 7. The van der Waals surface area contributed by atoms with Crippen molar-refractivity contribution in [3.63, 3.8) is 0 Å². The van der Waals surface area contributed by atoms with Crippen LogP contribution in [0, 0.1) is 0 Å². The molecule has 0 aliphatic rings. The Morgan fingerprint density at radius 2 is 1.36 bits per heavy atom. The van der Waals surface area contributed by atoms with Crippen LogP contribution in [0.25, 0.3) is 0 Å². The minimum absolute atomic E-state index is 0.325. The van der Waals surface area contributed by atoms with Crippen LogP contribution in [0.3, 0.4) is 0 Å². The van der Waals surface area contributed by atoms with Gasteiger partial charge in [-0.1, -0.05) is 13.3 Å². The number of unbranched alkanes of at least 4 members (excludes halogenated alkanes) is 1. The smallest absolute Gasteiger partial charge is 0.305 e. The second-order valence-corrected chi connectivity index (χ2v) is 7.44. The summed E-state index contributed by atoms with van der Waals surface area (Å²) >= 11 is 0. The molecular formula is C19H32N4O10. The van der Waals surface area contributed by atoms with Gasteiger partial charge in [-0.25, -0.2) is 0 Å². The highest BCUT2D eigenvalue weighted by molar-refractivity contribution is 5.90. The molecule has 14 heteroatoms. The average molecular weight is 476 g/mol. The molecule has 0 fully saturated rings. The Kier molecular flexibility index (Phi) is 13.3. The van der Waals surface area contributed by atoms with E-state index in [1.807, 2.05) is 6.92 Å². The maximum Gasteiger partial charge on any atom is 0.305 e. The average Bonchev–Trinajstić information content (AvgIpc) is 2.68. The number of amides is 3. The Labute approximate surface area is 190 Å². The molecule has 4 atom stereocenters. The number of aliphatic carboxylic acids is 3. The van der Waals surface area contributed by atoms with E-state index in [2.05, 4.69) is 16.0 Å². The molecule has 0 aliphatic carbocycles. The first-order chi connectivity index (χ1) is 15.3. The third-order valence-corrected chi connectivity index (χ3v) is 4.45. The molecule has 188 valence electrons. The van der Waals surface area contributed by atoms with Crippen LogP contribution in [0.15, 0.2) is 0 Å². The number of carboxylic acids is 3. The van der Waals surface area contributed by atoms with Gasteiger partial charge in [-0.15, -0.1) is 0 Å². The van der Waals surface area contributed by atoms with Crippen molar-refractivity contribution in [3.05, 3.63) is 0 Å². The Balaban J connectivity index is 5.59. The number of nitrogens with zero attached hydrogens (tertiary/aromatic N) is 1. The number of carboxylic acid groups (broad SMARTS) is 3. The van der Waals surface area contributed by atoms with Gasteiger partial charge in [0, 0.05) is 20.5 Å². The van der Waals surface area contributed by atoms with Crippen molar-refractivity contribution in [2.45, 2.75) is 70.3 Å². The van der Waals surface area contributed by atoms with Gasteiger partial charge in [-0.2, -0.15) is 0 Å². The molecule has 14 nitrogen and oxygen atoms in total. The highest BCUT2D eigenvalue weighted by Gasteiger charge is 2.33. The molecule has 4 unspecified atom stereocenters. The summed E-state index contributed by atoms with van der Waals surface area (Å²) in [5.74, 6) is -6.68. The van der Waals surface area contributed by atoms with E-state index in [4.69, 9.17) is 15.3 Å². The Hall–Kier alpha value is -3.26. The molecule has 0 heterocycles. The van der Waals surface area contributed by atoms with Gasteiger partial charge in [0.25, 0.3) is 0 Å². The van der Waals surface area contributed by atoms with Gasteiger partial charge < -0.3 is 36.0 Å². The Morgan fingerprint density at radius 1 is 0.848 bits per heavy atom. The SMILES string of the molecule is CCCCN(C)C(=O)C(CC(=O)O)NC(O)C(CC(=O)O)NC(=O)C(CC(=O)O)NC(C)=O. The summed E-state index contributed by atoms with van der Waals surface area (Å²) < 4.78 is 0. The van der Waals surface area contributed by atoms with Crippen molar-refractivity contribution in [3.8, 4) is 0 Å². The summed E-state index contributed by atoms with van der Waals surface area (Å²) in [7, 11) is 1.45. The lowest BCUT2D eigenvalue weighted by Gasteiger charge is -2.30.